The zero-order chi connectivity index (χ0) is 17.9. The van der Waals surface area contributed by atoms with E-state index in [2.05, 4.69) is 10.0 Å². The number of benzene rings is 1. The van der Waals surface area contributed by atoms with E-state index in [-0.39, 0.29) is 29.4 Å². The van der Waals surface area contributed by atoms with E-state index in [1.165, 1.54) is 23.5 Å². The summed E-state index contributed by atoms with van der Waals surface area (Å²) < 4.78 is 40.5. The molecule has 1 heterocycles. The van der Waals surface area contributed by atoms with Crippen LogP contribution in [0.4, 0.5) is 15.8 Å². The monoisotopic (exact) mass is 373 g/mol. The number of anilines is 1. The summed E-state index contributed by atoms with van der Waals surface area (Å²) in [6.45, 7) is 3.75. The van der Waals surface area contributed by atoms with Crippen molar-refractivity contribution in [3.63, 3.8) is 0 Å². The molecule has 2 aromatic rings. The van der Waals surface area contributed by atoms with Gasteiger partial charge in [0.1, 0.15) is 0 Å². The van der Waals surface area contributed by atoms with Crippen molar-refractivity contribution in [3.05, 3.63) is 50.0 Å². The Morgan fingerprint density at radius 2 is 1.96 bits per heavy atom. The summed E-state index contributed by atoms with van der Waals surface area (Å²) in [4.78, 5) is 11.7. The van der Waals surface area contributed by atoms with Crippen molar-refractivity contribution >= 4 is 32.7 Å². The lowest BCUT2D eigenvalue weighted by Gasteiger charge is -2.09. The number of hydrogen-bond acceptors (Lipinski definition) is 6. The summed E-state index contributed by atoms with van der Waals surface area (Å²) in [5.41, 5.74) is -0.274. The van der Waals surface area contributed by atoms with E-state index < -0.39 is 20.8 Å². The van der Waals surface area contributed by atoms with Crippen LogP contribution in [0.3, 0.4) is 0 Å². The molecule has 0 unspecified atom stereocenters. The number of non-ortho nitro benzene ring substituents is 1. The quantitative estimate of drug-likeness (QED) is 0.441. The molecule has 130 valence electrons. The maximum absolute atomic E-state index is 13.7. The predicted molar refractivity (Wildman–Crippen MR) is 90.5 cm³/mol. The molecule has 0 saturated heterocycles. The van der Waals surface area contributed by atoms with Crippen LogP contribution in [0, 0.1) is 29.8 Å². The van der Waals surface area contributed by atoms with Gasteiger partial charge in [-0.15, -0.1) is 11.3 Å². The molecule has 2 rings (SSSR count). The zero-order valence-corrected chi connectivity index (χ0v) is 14.6. The Morgan fingerprint density at radius 3 is 2.50 bits per heavy atom. The van der Waals surface area contributed by atoms with Crippen LogP contribution in [0.25, 0.3) is 0 Å². The summed E-state index contributed by atoms with van der Waals surface area (Å²) in [6, 6.07) is 4.83. The van der Waals surface area contributed by atoms with Crippen LogP contribution in [0.1, 0.15) is 9.75 Å². The van der Waals surface area contributed by atoms with E-state index in [0.29, 0.717) is 4.88 Å². The number of nitro benzene ring substituents is 1. The standard InChI is InChI=1S/C14H16FN3O4S2/c1-9-7-14(10(2)23-9)24(21,22)17-6-5-16-13-4-3-11(18(19)20)8-12(13)15/h3-4,7-8,16-17H,5-6H2,1-2H3. The number of nitrogens with one attached hydrogen (secondary N) is 2. The van der Waals surface area contributed by atoms with E-state index in [0.717, 1.165) is 10.9 Å². The maximum Gasteiger partial charge on any atom is 0.272 e. The van der Waals surface area contributed by atoms with Gasteiger partial charge in [-0.05, 0) is 26.0 Å². The summed E-state index contributed by atoms with van der Waals surface area (Å²) in [5, 5.41) is 13.2. The highest BCUT2D eigenvalue weighted by Crippen LogP contribution is 2.24. The molecule has 0 bridgehead atoms. The first-order valence-corrected chi connectivity index (χ1v) is 9.25. The van der Waals surface area contributed by atoms with Gasteiger partial charge < -0.3 is 5.32 Å². The number of nitro groups is 1. The minimum absolute atomic E-state index is 0.0487. The topological polar surface area (TPSA) is 101 Å². The Morgan fingerprint density at radius 1 is 1.25 bits per heavy atom. The third-order valence-electron chi connectivity index (χ3n) is 3.18. The van der Waals surface area contributed by atoms with E-state index >= 15 is 0 Å². The molecule has 0 aliphatic carbocycles. The number of rotatable bonds is 7. The molecule has 0 aliphatic heterocycles. The Bertz CT molecular complexity index is 865. The Kier molecular flexibility index (Phi) is 5.52. The second kappa shape index (κ2) is 7.24. The van der Waals surface area contributed by atoms with Gasteiger partial charge in [-0.25, -0.2) is 17.5 Å². The fraction of sp³-hybridized carbons (Fsp3) is 0.286. The second-order valence-electron chi connectivity index (χ2n) is 5.02. The number of nitrogens with zero attached hydrogens (tertiary/aromatic N) is 1. The predicted octanol–water partition coefficient (Wildman–Crippen LogP) is 2.80. The van der Waals surface area contributed by atoms with Crippen molar-refractivity contribution in [1.82, 2.24) is 4.72 Å². The van der Waals surface area contributed by atoms with Crippen LogP contribution >= 0.6 is 11.3 Å². The first kappa shape index (κ1) is 18.3. The van der Waals surface area contributed by atoms with Gasteiger partial charge in [0, 0.05) is 28.9 Å². The molecule has 0 aliphatic rings. The van der Waals surface area contributed by atoms with Crippen LogP contribution in [-0.4, -0.2) is 26.4 Å². The molecule has 0 radical (unpaired) electrons. The van der Waals surface area contributed by atoms with Gasteiger partial charge in [-0.3, -0.25) is 10.1 Å². The first-order chi connectivity index (χ1) is 11.2. The van der Waals surface area contributed by atoms with E-state index in [4.69, 9.17) is 0 Å². The van der Waals surface area contributed by atoms with Crippen molar-refractivity contribution in [3.8, 4) is 0 Å². The summed E-state index contributed by atoms with van der Waals surface area (Å²) in [6.07, 6.45) is 0. The highest BCUT2D eigenvalue weighted by atomic mass is 32.2. The number of sulfonamides is 1. The average Bonchev–Trinajstić information content (AvgIpc) is 2.84. The molecular formula is C14H16FN3O4S2. The van der Waals surface area contributed by atoms with Crippen molar-refractivity contribution in [2.45, 2.75) is 18.7 Å². The fourth-order valence-electron chi connectivity index (χ4n) is 2.10. The van der Waals surface area contributed by atoms with Gasteiger partial charge in [0.25, 0.3) is 5.69 Å². The third-order valence-corrected chi connectivity index (χ3v) is 5.86. The molecule has 0 saturated carbocycles. The van der Waals surface area contributed by atoms with Gasteiger partial charge >= 0.3 is 0 Å². The molecule has 1 aromatic carbocycles. The number of halogens is 1. The van der Waals surface area contributed by atoms with Gasteiger partial charge in [0.2, 0.25) is 10.0 Å². The number of hydrogen-bond donors (Lipinski definition) is 2. The number of thiophene rings is 1. The maximum atomic E-state index is 13.7. The van der Waals surface area contributed by atoms with Crippen molar-refractivity contribution in [2.75, 3.05) is 18.4 Å². The lowest BCUT2D eigenvalue weighted by atomic mass is 10.2. The molecule has 10 heteroatoms. The lowest BCUT2D eigenvalue weighted by molar-refractivity contribution is -0.385. The molecule has 0 atom stereocenters. The molecule has 2 N–H and O–H groups in total. The minimum atomic E-state index is -3.62. The smallest absolute Gasteiger partial charge is 0.272 e. The first-order valence-electron chi connectivity index (χ1n) is 6.95. The van der Waals surface area contributed by atoms with Gasteiger partial charge in [-0.1, -0.05) is 0 Å². The normalized spacial score (nSPS) is 11.5. The van der Waals surface area contributed by atoms with Crippen LogP contribution in [0.2, 0.25) is 0 Å². The van der Waals surface area contributed by atoms with Crippen molar-refractivity contribution < 1.29 is 17.7 Å². The molecule has 0 fully saturated rings. The highest BCUT2D eigenvalue weighted by Gasteiger charge is 2.18. The SMILES string of the molecule is Cc1cc(S(=O)(=O)NCCNc2ccc([N+](=O)[O-])cc2F)c(C)s1. The lowest BCUT2D eigenvalue weighted by Crippen LogP contribution is -2.29. The zero-order valence-electron chi connectivity index (χ0n) is 13.0. The molecule has 0 amide bonds. The summed E-state index contributed by atoms with van der Waals surface area (Å²) >= 11 is 1.40. The Balaban J connectivity index is 1.93. The largest absolute Gasteiger partial charge is 0.381 e. The van der Waals surface area contributed by atoms with Crippen LogP contribution in [0.5, 0.6) is 0 Å². The van der Waals surface area contributed by atoms with E-state index in [9.17, 15) is 22.9 Å². The van der Waals surface area contributed by atoms with Crippen LogP contribution in [-0.2, 0) is 10.0 Å². The molecule has 1 aromatic heterocycles. The van der Waals surface area contributed by atoms with Gasteiger partial charge in [0.05, 0.1) is 21.6 Å². The molecule has 24 heavy (non-hydrogen) atoms. The van der Waals surface area contributed by atoms with Crippen LogP contribution < -0.4 is 10.0 Å². The summed E-state index contributed by atoms with van der Waals surface area (Å²) in [5.74, 6) is -0.767. The van der Waals surface area contributed by atoms with E-state index in [1.54, 1.807) is 13.0 Å². The second-order valence-corrected chi connectivity index (χ2v) is 8.22. The van der Waals surface area contributed by atoms with Crippen molar-refractivity contribution in [1.29, 1.82) is 0 Å². The third kappa shape index (κ3) is 4.28. The number of aryl methyl sites for hydroxylation is 2. The minimum Gasteiger partial charge on any atom is -0.381 e. The Labute approximate surface area is 142 Å². The van der Waals surface area contributed by atoms with Crippen molar-refractivity contribution in [2.24, 2.45) is 0 Å². The summed E-state index contributed by atoms with van der Waals surface area (Å²) in [7, 11) is -3.62. The molecule has 7 nitrogen and oxygen atoms in total. The van der Waals surface area contributed by atoms with E-state index in [1.807, 2.05) is 6.92 Å². The average molecular weight is 373 g/mol. The Hall–Kier alpha value is -2.04. The van der Waals surface area contributed by atoms with Gasteiger partial charge in [0.15, 0.2) is 5.82 Å². The fourth-order valence-corrected chi connectivity index (χ4v) is 4.68. The van der Waals surface area contributed by atoms with Crippen LogP contribution in [0.15, 0.2) is 29.2 Å². The van der Waals surface area contributed by atoms with Gasteiger partial charge in [-0.2, -0.15) is 0 Å². The molecular weight excluding hydrogens is 357 g/mol. The highest BCUT2D eigenvalue weighted by molar-refractivity contribution is 7.89. The molecule has 0 spiro atoms.